The van der Waals surface area contributed by atoms with E-state index in [1.165, 1.54) is 19.3 Å². The Morgan fingerprint density at radius 1 is 0.941 bits per heavy atom. The number of fused-ring (bicyclic) bond motifs is 1. The van der Waals surface area contributed by atoms with E-state index in [-0.39, 0.29) is 11.5 Å². The molecule has 0 amide bonds. The summed E-state index contributed by atoms with van der Waals surface area (Å²) in [4.78, 5) is 4.12. The average molecular weight is 269 g/mol. The van der Waals surface area contributed by atoms with Crippen LogP contribution in [0.25, 0.3) is 0 Å². The van der Waals surface area contributed by atoms with Gasteiger partial charge in [0.25, 0.3) is 0 Å². The van der Waals surface area contributed by atoms with Crippen LogP contribution in [0, 0.1) is 0 Å². The van der Waals surface area contributed by atoms with Crippen LogP contribution in [-0.4, -0.2) is 32.9 Å². The van der Waals surface area contributed by atoms with Crippen molar-refractivity contribution in [2.24, 2.45) is 0 Å². The smallest absolute Gasteiger partial charge is 0.130 e. The molecule has 0 atom stereocenters. The van der Waals surface area contributed by atoms with Gasteiger partial charge in [0.2, 0.25) is 0 Å². The molecule has 0 radical (unpaired) electrons. The van der Waals surface area contributed by atoms with E-state index in [9.17, 15) is 10.2 Å². The Hall–Kier alpha value is -0.520. The summed E-state index contributed by atoms with van der Waals surface area (Å²) in [7, 11) is 0. The van der Waals surface area contributed by atoms with E-state index < -0.39 is 0 Å². The maximum atomic E-state index is 9.81. The summed E-state index contributed by atoms with van der Waals surface area (Å²) in [5, 5.41) is 19.6. The molecule has 5 heteroatoms. The third-order valence-electron chi connectivity index (χ3n) is 3.20. The zero-order valence-electron chi connectivity index (χ0n) is 9.43. The average Bonchev–Trinajstić information content (AvgIpc) is 2.81. The van der Waals surface area contributed by atoms with E-state index in [0.29, 0.717) is 4.71 Å². The lowest BCUT2D eigenvalue weighted by Crippen LogP contribution is -2.34. The normalized spacial score (nSPS) is 21.6. The van der Waals surface area contributed by atoms with Crippen LogP contribution in [0.1, 0.15) is 19.3 Å². The first-order valence-corrected chi connectivity index (χ1v) is 7.64. The van der Waals surface area contributed by atoms with Crippen molar-refractivity contribution in [1.29, 1.82) is 0 Å². The predicted octanol–water partition coefficient (Wildman–Crippen LogP) is 3.07. The first kappa shape index (κ1) is 11.6. The number of aromatic hydroxyl groups is 2. The molecule has 0 unspecified atom stereocenters. The Morgan fingerprint density at radius 2 is 1.47 bits per heavy atom. The standard InChI is InChI=1S/C12H15NO2S2/c14-8-4-5-9(15)11-10(8)16-12(17-11)13-6-2-1-3-7-13/h4-5,12,14-15H,1-3,6-7H2. The van der Waals surface area contributed by atoms with Crippen LogP contribution in [0.3, 0.4) is 0 Å². The molecule has 1 aromatic rings. The lowest BCUT2D eigenvalue weighted by Gasteiger charge is -2.30. The van der Waals surface area contributed by atoms with Gasteiger partial charge in [-0.1, -0.05) is 29.9 Å². The van der Waals surface area contributed by atoms with E-state index in [0.717, 1.165) is 22.9 Å². The SMILES string of the molecule is Oc1ccc(O)c2c1SC(N1CCCCC1)S2. The number of thioether (sulfide) groups is 2. The van der Waals surface area contributed by atoms with Crippen molar-refractivity contribution >= 4 is 23.5 Å². The van der Waals surface area contributed by atoms with E-state index in [4.69, 9.17) is 0 Å². The first-order chi connectivity index (χ1) is 8.25. The molecule has 0 aliphatic carbocycles. The Morgan fingerprint density at radius 3 is 2.00 bits per heavy atom. The van der Waals surface area contributed by atoms with Crippen molar-refractivity contribution < 1.29 is 10.2 Å². The number of phenolic OH excluding ortho intramolecular Hbond substituents is 2. The van der Waals surface area contributed by atoms with Crippen LogP contribution >= 0.6 is 23.5 Å². The largest absolute Gasteiger partial charge is 0.507 e. The van der Waals surface area contributed by atoms with Crippen LogP contribution in [0.2, 0.25) is 0 Å². The second-order valence-electron chi connectivity index (χ2n) is 4.40. The van der Waals surface area contributed by atoms with E-state index in [1.54, 1.807) is 35.7 Å². The fraction of sp³-hybridized carbons (Fsp3) is 0.500. The van der Waals surface area contributed by atoms with Crippen LogP contribution < -0.4 is 0 Å². The van der Waals surface area contributed by atoms with Gasteiger partial charge in [0, 0.05) is 13.1 Å². The van der Waals surface area contributed by atoms with Gasteiger partial charge in [-0.2, -0.15) is 0 Å². The molecule has 2 aliphatic rings. The summed E-state index contributed by atoms with van der Waals surface area (Å²) in [5.41, 5.74) is 0. The molecule has 2 heterocycles. The van der Waals surface area contributed by atoms with Gasteiger partial charge in [-0.15, -0.1) is 0 Å². The second-order valence-corrected chi connectivity index (χ2v) is 6.88. The van der Waals surface area contributed by atoms with Crippen molar-refractivity contribution in [3.63, 3.8) is 0 Å². The van der Waals surface area contributed by atoms with Gasteiger partial charge in [0.1, 0.15) is 16.2 Å². The van der Waals surface area contributed by atoms with Crippen molar-refractivity contribution in [2.45, 2.75) is 33.8 Å². The van der Waals surface area contributed by atoms with Gasteiger partial charge in [-0.25, -0.2) is 0 Å². The lowest BCUT2D eigenvalue weighted by molar-refractivity contribution is 0.253. The zero-order chi connectivity index (χ0) is 11.8. The Kier molecular flexibility index (Phi) is 3.15. The van der Waals surface area contributed by atoms with E-state index in [2.05, 4.69) is 4.90 Å². The molecule has 92 valence electrons. The maximum absolute atomic E-state index is 9.81. The van der Waals surface area contributed by atoms with Gasteiger partial charge < -0.3 is 10.2 Å². The summed E-state index contributed by atoms with van der Waals surface area (Å²) in [6.07, 6.45) is 3.83. The molecule has 1 fully saturated rings. The number of benzene rings is 1. The summed E-state index contributed by atoms with van der Waals surface area (Å²) < 4.78 is 0.310. The third-order valence-corrected chi connectivity index (χ3v) is 6.20. The number of likely N-dealkylation sites (tertiary alicyclic amines) is 1. The zero-order valence-corrected chi connectivity index (χ0v) is 11.1. The Balaban J connectivity index is 1.82. The summed E-state index contributed by atoms with van der Waals surface area (Å²) >= 11 is 3.32. The summed E-state index contributed by atoms with van der Waals surface area (Å²) in [6.45, 7) is 2.25. The quantitative estimate of drug-likeness (QED) is 0.767. The maximum Gasteiger partial charge on any atom is 0.130 e. The number of piperidine rings is 1. The van der Waals surface area contributed by atoms with E-state index >= 15 is 0 Å². The van der Waals surface area contributed by atoms with Gasteiger partial charge >= 0.3 is 0 Å². The van der Waals surface area contributed by atoms with Crippen LogP contribution in [-0.2, 0) is 0 Å². The highest BCUT2D eigenvalue weighted by Gasteiger charge is 2.32. The highest BCUT2D eigenvalue weighted by molar-refractivity contribution is 8.19. The topological polar surface area (TPSA) is 43.7 Å². The molecular weight excluding hydrogens is 254 g/mol. The van der Waals surface area contributed by atoms with Crippen molar-refractivity contribution in [2.75, 3.05) is 13.1 Å². The molecule has 1 saturated heterocycles. The number of rotatable bonds is 1. The molecule has 0 aromatic heterocycles. The predicted molar refractivity (Wildman–Crippen MR) is 70.7 cm³/mol. The monoisotopic (exact) mass is 269 g/mol. The lowest BCUT2D eigenvalue weighted by atomic mass is 10.1. The molecule has 0 bridgehead atoms. The number of hydrogen-bond acceptors (Lipinski definition) is 5. The van der Waals surface area contributed by atoms with Gasteiger partial charge in [-0.05, 0) is 25.0 Å². The fourth-order valence-electron chi connectivity index (χ4n) is 2.27. The van der Waals surface area contributed by atoms with Gasteiger partial charge in [0.15, 0.2) is 0 Å². The fourth-order valence-corrected chi connectivity index (χ4v) is 5.26. The molecule has 3 nitrogen and oxygen atoms in total. The highest BCUT2D eigenvalue weighted by Crippen LogP contribution is 2.56. The van der Waals surface area contributed by atoms with Crippen molar-refractivity contribution in [3.05, 3.63) is 12.1 Å². The Bertz CT molecular complexity index is 402. The van der Waals surface area contributed by atoms with Crippen LogP contribution in [0.15, 0.2) is 21.9 Å². The Labute approximate surface area is 109 Å². The molecule has 1 aromatic carbocycles. The molecular formula is C12H15NO2S2. The highest BCUT2D eigenvalue weighted by atomic mass is 32.2. The van der Waals surface area contributed by atoms with Gasteiger partial charge in [0.05, 0.1) is 9.79 Å². The minimum atomic E-state index is 0.287. The molecule has 3 rings (SSSR count). The molecule has 0 spiro atoms. The first-order valence-electron chi connectivity index (χ1n) is 5.88. The van der Waals surface area contributed by atoms with Gasteiger partial charge in [-0.3, -0.25) is 4.90 Å². The second kappa shape index (κ2) is 4.63. The third kappa shape index (κ3) is 2.11. The van der Waals surface area contributed by atoms with Crippen molar-refractivity contribution in [3.8, 4) is 11.5 Å². The summed E-state index contributed by atoms with van der Waals surface area (Å²) in [5.74, 6) is 0.574. The number of phenols is 2. The minimum Gasteiger partial charge on any atom is -0.507 e. The number of hydrogen-bond donors (Lipinski definition) is 2. The number of nitrogens with zero attached hydrogens (tertiary/aromatic N) is 1. The van der Waals surface area contributed by atoms with Crippen molar-refractivity contribution in [1.82, 2.24) is 4.90 Å². The molecule has 2 aliphatic heterocycles. The van der Waals surface area contributed by atoms with Crippen LogP contribution in [0.4, 0.5) is 0 Å². The van der Waals surface area contributed by atoms with Crippen LogP contribution in [0.5, 0.6) is 11.5 Å². The van der Waals surface area contributed by atoms with E-state index in [1.807, 2.05) is 0 Å². The summed E-state index contributed by atoms with van der Waals surface area (Å²) in [6, 6.07) is 3.14. The minimum absolute atomic E-state index is 0.287. The molecule has 0 saturated carbocycles. The molecule has 2 N–H and O–H groups in total. The molecule has 17 heavy (non-hydrogen) atoms.